The van der Waals surface area contributed by atoms with Gasteiger partial charge in [-0.2, -0.15) is 5.10 Å². The Morgan fingerprint density at radius 1 is 1.09 bits per heavy atom. The summed E-state index contributed by atoms with van der Waals surface area (Å²) in [6.07, 6.45) is -0.615. The third-order valence-electron chi connectivity index (χ3n) is 8.52. The van der Waals surface area contributed by atoms with Crippen molar-refractivity contribution < 1.29 is 31.9 Å². The summed E-state index contributed by atoms with van der Waals surface area (Å²) in [7, 11) is -2.13. The maximum atomic E-state index is 15.3. The highest BCUT2D eigenvalue weighted by atomic mass is 28.4. The maximum Gasteiger partial charge on any atom is 0.408 e. The van der Waals surface area contributed by atoms with Crippen molar-refractivity contribution in [2.45, 2.75) is 148 Å². The minimum atomic E-state index is -3.24. The van der Waals surface area contributed by atoms with Crippen molar-refractivity contribution in [1.29, 1.82) is 0 Å². The number of hydrogen-bond donors (Lipinski definition) is 2. The van der Waals surface area contributed by atoms with Crippen molar-refractivity contribution in [1.82, 2.24) is 20.1 Å². The molecule has 1 saturated carbocycles. The van der Waals surface area contributed by atoms with Crippen molar-refractivity contribution in [3.63, 3.8) is 0 Å². The smallest absolute Gasteiger partial charge is 0.408 e. The van der Waals surface area contributed by atoms with Gasteiger partial charge in [0.25, 0.3) is 5.92 Å². The van der Waals surface area contributed by atoms with Crippen molar-refractivity contribution in [2.24, 2.45) is 0 Å². The lowest BCUT2D eigenvalue weighted by Crippen LogP contribution is -2.47. The molecule has 1 aliphatic rings. The molecule has 0 bridgehead atoms. The van der Waals surface area contributed by atoms with Gasteiger partial charge in [-0.15, -0.1) is 0 Å². The number of carbonyl (C=O) groups excluding carboxylic acids is 1. The van der Waals surface area contributed by atoms with Gasteiger partial charge in [-0.1, -0.05) is 20.8 Å². The quantitative estimate of drug-likeness (QED) is 0.231. The van der Waals surface area contributed by atoms with Crippen LogP contribution in [0.25, 0.3) is 0 Å². The fourth-order valence-corrected chi connectivity index (χ4v) is 6.23. The molecular formula is C33H54F3N5O4Si. The number of nitrogens with zero attached hydrogens (tertiary/aromatic N) is 3. The molecule has 0 unspecified atom stereocenters. The van der Waals surface area contributed by atoms with Gasteiger partial charge in [0.1, 0.15) is 17.6 Å². The Labute approximate surface area is 273 Å². The van der Waals surface area contributed by atoms with E-state index < -0.39 is 50.7 Å². The van der Waals surface area contributed by atoms with Gasteiger partial charge in [0, 0.05) is 36.4 Å². The van der Waals surface area contributed by atoms with Crippen molar-refractivity contribution in [3.8, 4) is 5.88 Å². The van der Waals surface area contributed by atoms with Crippen LogP contribution in [0.15, 0.2) is 24.4 Å². The van der Waals surface area contributed by atoms with E-state index in [0.717, 1.165) is 5.69 Å². The SMILES string of the molecule is C[C@H](NC(=O)OC(C)(C)C)C(F)(F)CCOc1cc(Nc2cc([C@H]3C[C@@H](F)[C@@H](O[Si](C)(C)C(C)(C)C)C3)nn2C(C)(C)C)ccn1. The van der Waals surface area contributed by atoms with E-state index >= 15 is 4.39 Å². The number of hydrogen-bond acceptors (Lipinski definition) is 7. The number of anilines is 2. The van der Waals surface area contributed by atoms with Crippen LogP contribution in [0.4, 0.5) is 29.5 Å². The molecule has 46 heavy (non-hydrogen) atoms. The highest BCUT2D eigenvalue weighted by Gasteiger charge is 2.45. The van der Waals surface area contributed by atoms with Crippen molar-refractivity contribution >= 4 is 25.9 Å². The van der Waals surface area contributed by atoms with Gasteiger partial charge in [-0.05, 0) is 85.5 Å². The molecule has 0 spiro atoms. The zero-order chi connectivity index (χ0) is 34.9. The van der Waals surface area contributed by atoms with Crippen LogP contribution in [-0.2, 0) is 14.7 Å². The van der Waals surface area contributed by atoms with Crippen LogP contribution >= 0.6 is 0 Å². The summed E-state index contributed by atoms with van der Waals surface area (Å²) < 4.78 is 63.7. The predicted octanol–water partition coefficient (Wildman–Crippen LogP) is 8.70. The molecule has 1 fully saturated rings. The third kappa shape index (κ3) is 10.1. The first-order valence-electron chi connectivity index (χ1n) is 16.0. The topological polar surface area (TPSA) is 99.5 Å². The Hall–Kier alpha value is -2.80. The van der Waals surface area contributed by atoms with E-state index in [1.54, 1.807) is 32.9 Å². The summed E-state index contributed by atoms with van der Waals surface area (Å²) >= 11 is 0. The molecule has 13 heteroatoms. The summed E-state index contributed by atoms with van der Waals surface area (Å²) in [5.74, 6) is -2.45. The Bertz CT molecular complexity index is 1330. The minimum Gasteiger partial charge on any atom is -0.477 e. The van der Waals surface area contributed by atoms with Crippen LogP contribution in [-0.4, -0.2) is 65.6 Å². The number of alkyl halides is 3. The van der Waals surface area contributed by atoms with Crippen LogP contribution in [0.2, 0.25) is 18.1 Å². The van der Waals surface area contributed by atoms with E-state index in [2.05, 4.69) is 49.5 Å². The van der Waals surface area contributed by atoms with Gasteiger partial charge in [-0.25, -0.2) is 27.6 Å². The lowest BCUT2D eigenvalue weighted by molar-refractivity contribution is -0.0505. The minimum absolute atomic E-state index is 0.0128. The first kappa shape index (κ1) is 37.7. The Morgan fingerprint density at radius 2 is 1.74 bits per heavy atom. The van der Waals surface area contributed by atoms with E-state index in [4.69, 9.17) is 19.0 Å². The van der Waals surface area contributed by atoms with Crippen LogP contribution < -0.4 is 15.4 Å². The second-order valence-corrected chi connectivity index (χ2v) is 20.6. The van der Waals surface area contributed by atoms with Gasteiger partial charge in [-0.3, -0.25) is 0 Å². The van der Waals surface area contributed by atoms with Crippen LogP contribution in [0, 0.1) is 0 Å². The van der Waals surface area contributed by atoms with E-state index in [1.165, 1.54) is 13.1 Å². The summed E-state index contributed by atoms with van der Waals surface area (Å²) in [4.78, 5) is 16.1. The molecule has 0 saturated heterocycles. The second-order valence-electron chi connectivity index (χ2n) is 15.9. The molecule has 0 radical (unpaired) electrons. The van der Waals surface area contributed by atoms with Gasteiger partial charge in [0.2, 0.25) is 5.88 Å². The fraction of sp³-hybridized carbons (Fsp3) is 0.727. The number of ether oxygens (including phenoxy) is 2. The molecule has 4 atom stereocenters. The number of aromatic nitrogens is 3. The normalized spacial score (nSPS) is 20.4. The Morgan fingerprint density at radius 3 is 2.33 bits per heavy atom. The number of carbonyl (C=O) groups is 1. The lowest BCUT2D eigenvalue weighted by Gasteiger charge is -2.38. The highest BCUT2D eigenvalue weighted by molar-refractivity contribution is 6.74. The molecule has 9 nitrogen and oxygen atoms in total. The summed E-state index contributed by atoms with van der Waals surface area (Å²) in [6.45, 7) is 22.7. The molecule has 1 amide bonds. The predicted molar refractivity (Wildman–Crippen MR) is 178 cm³/mol. The molecule has 2 aromatic rings. The summed E-state index contributed by atoms with van der Waals surface area (Å²) in [5, 5.41) is 10.4. The first-order chi connectivity index (χ1) is 20.9. The Balaban J connectivity index is 1.68. The maximum absolute atomic E-state index is 15.3. The molecule has 2 heterocycles. The molecule has 2 N–H and O–H groups in total. The summed E-state index contributed by atoms with van der Waals surface area (Å²) in [5.41, 5.74) is 0.245. The highest BCUT2D eigenvalue weighted by Crippen LogP contribution is 2.44. The number of rotatable bonds is 11. The number of alkyl carbamates (subject to hydrolysis) is 1. The second kappa shape index (κ2) is 13.7. The van der Waals surface area contributed by atoms with E-state index in [-0.39, 0.29) is 29.0 Å². The van der Waals surface area contributed by atoms with E-state index in [1.807, 2.05) is 31.5 Å². The van der Waals surface area contributed by atoms with Crippen LogP contribution in [0.5, 0.6) is 5.88 Å². The number of halogens is 3. The zero-order valence-electron chi connectivity index (χ0n) is 29.6. The van der Waals surface area contributed by atoms with Crippen LogP contribution in [0.1, 0.15) is 100 Å². The van der Waals surface area contributed by atoms with Gasteiger partial charge < -0.3 is 24.5 Å². The average molecular weight is 670 g/mol. The van der Waals surface area contributed by atoms with Gasteiger partial charge >= 0.3 is 6.09 Å². The third-order valence-corrected chi connectivity index (χ3v) is 13.0. The average Bonchev–Trinajstić information content (AvgIpc) is 3.45. The fourth-order valence-electron chi connectivity index (χ4n) is 4.88. The standard InChI is InChI=1S/C33H54F3N5O4Si/c1-21(38-29(42)44-31(5,6)7)33(35,36)14-16-43-28-19-23(13-15-37-28)39-27-20-25(40-41(27)30(2,3)4)22-17-24(34)26(18-22)45-46(11,12)32(8,9)10/h13,15,19-22,24,26H,14,16-18H2,1-12H3,(H,37,39)(H,38,42)/t21-,22-,24+,26-/m0/s1. The monoisotopic (exact) mass is 669 g/mol. The summed E-state index contributed by atoms with van der Waals surface area (Å²) in [6, 6.07) is 3.85. The van der Waals surface area contributed by atoms with Crippen molar-refractivity contribution in [3.05, 3.63) is 30.1 Å². The molecule has 0 aromatic carbocycles. The van der Waals surface area contributed by atoms with Gasteiger partial charge in [0.15, 0.2) is 8.32 Å². The molecule has 0 aliphatic heterocycles. The number of nitrogens with one attached hydrogen (secondary N) is 2. The molecule has 1 aliphatic carbocycles. The number of pyridine rings is 1. The van der Waals surface area contributed by atoms with Gasteiger partial charge in [0.05, 0.1) is 30.0 Å². The van der Waals surface area contributed by atoms with Crippen molar-refractivity contribution in [2.75, 3.05) is 11.9 Å². The first-order valence-corrected chi connectivity index (χ1v) is 18.9. The largest absolute Gasteiger partial charge is 0.477 e. The molecule has 260 valence electrons. The molecule has 3 rings (SSSR count). The lowest BCUT2D eigenvalue weighted by atomic mass is 10.0. The number of amides is 1. The van der Waals surface area contributed by atoms with E-state index in [0.29, 0.717) is 24.3 Å². The van der Waals surface area contributed by atoms with E-state index in [9.17, 15) is 13.6 Å². The van der Waals surface area contributed by atoms with Crippen LogP contribution in [0.3, 0.4) is 0 Å². The Kier molecular flexibility index (Phi) is 11.2. The molecular weight excluding hydrogens is 615 g/mol. The zero-order valence-corrected chi connectivity index (χ0v) is 30.6. The molecule has 2 aromatic heterocycles.